The van der Waals surface area contributed by atoms with Crippen LogP contribution in [0.3, 0.4) is 0 Å². The number of likely N-dealkylation sites (N-methyl/N-ethyl adjacent to an activating group) is 1. The lowest BCUT2D eigenvalue weighted by molar-refractivity contribution is 0.174. The highest BCUT2D eigenvalue weighted by atomic mass is 16.3. The van der Waals surface area contributed by atoms with E-state index in [-0.39, 0.29) is 6.10 Å². The Morgan fingerprint density at radius 3 is 2.71 bits per heavy atom. The fraction of sp³-hybridized carbons (Fsp3) is 1.00. The molecule has 0 radical (unpaired) electrons. The topological polar surface area (TPSA) is 26.7 Å². The maximum absolute atomic E-state index is 9.23. The zero-order valence-electron chi connectivity index (χ0n) is 11.4. The van der Waals surface area contributed by atoms with Crippen LogP contribution in [0.5, 0.6) is 0 Å². The molecule has 3 atom stereocenters. The van der Waals surface area contributed by atoms with Crippen LogP contribution in [-0.4, -0.2) is 59.8 Å². The summed E-state index contributed by atoms with van der Waals surface area (Å²) in [6.07, 6.45) is 7.40. The molecule has 2 heterocycles. The van der Waals surface area contributed by atoms with Crippen LogP contribution in [0.2, 0.25) is 0 Å². The highest BCUT2D eigenvalue weighted by Crippen LogP contribution is 2.28. The van der Waals surface area contributed by atoms with Gasteiger partial charge in [-0.15, -0.1) is 0 Å². The van der Waals surface area contributed by atoms with E-state index in [9.17, 15) is 5.11 Å². The second-order valence-corrected chi connectivity index (χ2v) is 5.98. The number of fused-ring (bicyclic) bond motifs is 2. The standard InChI is InChI=1S/C14H28N2O/c1-12(17)5-3-4-9-16-10-8-13-6-7-14(11-16)15(13)2/h12-14,17H,3-11H2,1-2H3. The Bertz CT molecular complexity index is 232. The third-order valence-corrected chi connectivity index (χ3v) is 4.58. The summed E-state index contributed by atoms with van der Waals surface area (Å²) >= 11 is 0. The van der Waals surface area contributed by atoms with Gasteiger partial charge in [-0.25, -0.2) is 0 Å². The highest BCUT2D eigenvalue weighted by Gasteiger charge is 2.34. The van der Waals surface area contributed by atoms with E-state index in [4.69, 9.17) is 0 Å². The zero-order chi connectivity index (χ0) is 12.3. The van der Waals surface area contributed by atoms with Gasteiger partial charge in [-0.1, -0.05) is 0 Å². The Morgan fingerprint density at radius 2 is 1.94 bits per heavy atom. The normalized spacial score (nSPS) is 32.6. The molecule has 3 unspecified atom stereocenters. The molecule has 2 aliphatic rings. The van der Waals surface area contributed by atoms with E-state index in [1.165, 1.54) is 45.3 Å². The summed E-state index contributed by atoms with van der Waals surface area (Å²) in [5.74, 6) is 0. The number of hydrogen-bond donors (Lipinski definition) is 1. The van der Waals surface area contributed by atoms with Crippen LogP contribution < -0.4 is 0 Å². The molecule has 2 saturated heterocycles. The van der Waals surface area contributed by atoms with E-state index < -0.39 is 0 Å². The second-order valence-electron chi connectivity index (χ2n) is 5.98. The molecule has 0 aromatic carbocycles. The molecule has 17 heavy (non-hydrogen) atoms. The minimum atomic E-state index is -0.124. The van der Waals surface area contributed by atoms with Crippen molar-refractivity contribution >= 4 is 0 Å². The summed E-state index contributed by atoms with van der Waals surface area (Å²) in [5.41, 5.74) is 0. The number of aliphatic hydroxyl groups is 1. The molecule has 0 aliphatic carbocycles. The largest absolute Gasteiger partial charge is 0.393 e. The van der Waals surface area contributed by atoms with Gasteiger partial charge in [0.05, 0.1) is 6.10 Å². The SMILES string of the molecule is CC(O)CCCCN1CCC2CCC(C1)N2C. The molecule has 0 aromatic rings. The molecular weight excluding hydrogens is 212 g/mol. The van der Waals surface area contributed by atoms with Crippen LogP contribution in [0.1, 0.15) is 45.4 Å². The van der Waals surface area contributed by atoms with E-state index in [0.717, 1.165) is 24.9 Å². The first-order valence-electron chi connectivity index (χ1n) is 7.29. The molecule has 2 aliphatic heterocycles. The molecule has 0 amide bonds. The number of unbranched alkanes of at least 4 members (excludes halogenated alkanes) is 1. The molecule has 0 spiro atoms. The van der Waals surface area contributed by atoms with Crippen LogP contribution in [0.4, 0.5) is 0 Å². The van der Waals surface area contributed by atoms with Gasteiger partial charge in [0, 0.05) is 18.6 Å². The van der Waals surface area contributed by atoms with Gasteiger partial charge in [-0.3, -0.25) is 4.90 Å². The molecule has 100 valence electrons. The maximum Gasteiger partial charge on any atom is 0.0512 e. The average molecular weight is 240 g/mol. The Kier molecular flexibility index (Phi) is 4.83. The molecule has 2 rings (SSSR count). The first-order chi connectivity index (χ1) is 8.16. The van der Waals surface area contributed by atoms with Crippen molar-refractivity contribution in [2.75, 3.05) is 26.7 Å². The first kappa shape index (κ1) is 13.3. The minimum absolute atomic E-state index is 0.124. The van der Waals surface area contributed by atoms with Gasteiger partial charge in [0.2, 0.25) is 0 Å². The van der Waals surface area contributed by atoms with Gasteiger partial charge < -0.3 is 10.0 Å². The fourth-order valence-electron chi connectivity index (χ4n) is 3.36. The van der Waals surface area contributed by atoms with Gasteiger partial charge in [-0.05, 0) is 65.6 Å². The van der Waals surface area contributed by atoms with Crippen molar-refractivity contribution in [2.24, 2.45) is 0 Å². The molecular formula is C14H28N2O. The number of rotatable bonds is 5. The van der Waals surface area contributed by atoms with Crippen molar-refractivity contribution in [3.05, 3.63) is 0 Å². The second kappa shape index (κ2) is 6.17. The molecule has 2 bridgehead atoms. The van der Waals surface area contributed by atoms with Crippen molar-refractivity contribution in [2.45, 2.75) is 63.6 Å². The lowest BCUT2D eigenvalue weighted by Crippen LogP contribution is -2.37. The van der Waals surface area contributed by atoms with Gasteiger partial charge in [0.1, 0.15) is 0 Å². The summed E-state index contributed by atoms with van der Waals surface area (Å²) in [6.45, 7) is 5.66. The van der Waals surface area contributed by atoms with Gasteiger partial charge in [0.25, 0.3) is 0 Å². The number of likely N-dealkylation sites (tertiary alicyclic amines) is 1. The highest BCUT2D eigenvalue weighted by molar-refractivity contribution is 4.90. The van der Waals surface area contributed by atoms with Crippen LogP contribution in [0, 0.1) is 0 Å². The quantitative estimate of drug-likeness (QED) is 0.741. The lowest BCUT2D eigenvalue weighted by atomic mass is 10.1. The van der Waals surface area contributed by atoms with Crippen LogP contribution in [0.15, 0.2) is 0 Å². The molecule has 1 N–H and O–H groups in total. The fourth-order valence-corrected chi connectivity index (χ4v) is 3.36. The van der Waals surface area contributed by atoms with Crippen LogP contribution >= 0.6 is 0 Å². The van der Waals surface area contributed by atoms with Gasteiger partial charge in [-0.2, -0.15) is 0 Å². The lowest BCUT2D eigenvalue weighted by Gasteiger charge is -2.25. The minimum Gasteiger partial charge on any atom is -0.393 e. The van der Waals surface area contributed by atoms with E-state index in [1.807, 2.05) is 6.92 Å². The number of hydrogen-bond acceptors (Lipinski definition) is 3. The molecule has 0 aromatic heterocycles. The Labute approximate surface area is 106 Å². The monoisotopic (exact) mass is 240 g/mol. The van der Waals surface area contributed by atoms with Gasteiger partial charge >= 0.3 is 0 Å². The van der Waals surface area contributed by atoms with Crippen LogP contribution in [-0.2, 0) is 0 Å². The Balaban J connectivity index is 1.68. The van der Waals surface area contributed by atoms with Crippen molar-refractivity contribution in [1.82, 2.24) is 9.80 Å². The predicted octanol–water partition coefficient (Wildman–Crippen LogP) is 1.71. The smallest absolute Gasteiger partial charge is 0.0512 e. The van der Waals surface area contributed by atoms with Crippen molar-refractivity contribution < 1.29 is 5.11 Å². The van der Waals surface area contributed by atoms with Crippen molar-refractivity contribution in [3.8, 4) is 0 Å². The van der Waals surface area contributed by atoms with Crippen molar-refractivity contribution in [3.63, 3.8) is 0 Å². The first-order valence-corrected chi connectivity index (χ1v) is 7.29. The third kappa shape index (κ3) is 3.67. The van der Waals surface area contributed by atoms with E-state index >= 15 is 0 Å². The number of aliphatic hydroxyl groups excluding tert-OH is 1. The molecule has 0 saturated carbocycles. The third-order valence-electron chi connectivity index (χ3n) is 4.58. The predicted molar refractivity (Wildman–Crippen MR) is 71.2 cm³/mol. The average Bonchev–Trinajstić information content (AvgIpc) is 2.51. The number of nitrogens with zero attached hydrogens (tertiary/aromatic N) is 2. The Morgan fingerprint density at radius 1 is 1.18 bits per heavy atom. The summed E-state index contributed by atoms with van der Waals surface area (Å²) in [4.78, 5) is 5.25. The molecule has 3 heteroatoms. The zero-order valence-corrected chi connectivity index (χ0v) is 11.4. The van der Waals surface area contributed by atoms with Crippen molar-refractivity contribution in [1.29, 1.82) is 0 Å². The van der Waals surface area contributed by atoms with E-state index in [0.29, 0.717) is 0 Å². The summed E-state index contributed by atoms with van der Waals surface area (Å²) < 4.78 is 0. The van der Waals surface area contributed by atoms with Crippen LogP contribution in [0.25, 0.3) is 0 Å². The molecule has 2 fully saturated rings. The van der Waals surface area contributed by atoms with E-state index in [1.54, 1.807) is 0 Å². The maximum atomic E-state index is 9.23. The summed E-state index contributed by atoms with van der Waals surface area (Å²) in [6, 6.07) is 1.65. The summed E-state index contributed by atoms with van der Waals surface area (Å²) in [7, 11) is 2.30. The molecule has 3 nitrogen and oxygen atoms in total. The summed E-state index contributed by atoms with van der Waals surface area (Å²) in [5, 5.41) is 9.23. The van der Waals surface area contributed by atoms with E-state index in [2.05, 4.69) is 16.8 Å². The van der Waals surface area contributed by atoms with Gasteiger partial charge in [0.15, 0.2) is 0 Å². The Hall–Kier alpha value is -0.120.